The summed E-state index contributed by atoms with van der Waals surface area (Å²) < 4.78 is 66.9. The van der Waals surface area contributed by atoms with Gasteiger partial charge in [0.1, 0.15) is 0 Å². The lowest BCUT2D eigenvalue weighted by atomic mass is 10.1. The summed E-state index contributed by atoms with van der Waals surface area (Å²) in [5.41, 5.74) is -1.52. The number of nitrogens with one attached hydrogen (secondary N) is 2. The number of aromatic amines is 1. The minimum absolute atomic E-state index is 0.118. The maximum absolute atomic E-state index is 13.2. The standard InChI is InChI=1S/C18H11F3N2O3S/c1-2-11-3-5-12(6-4-11)23-27(25,26)13-7-8-16-14(9-13)15(18(19,20)21)10-17(24)22-16/h1,3-10,23H,(H,22,24). The smallest absolute Gasteiger partial charge is 0.322 e. The van der Waals surface area contributed by atoms with Crippen LogP contribution in [-0.4, -0.2) is 13.4 Å². The maximum atomic E-state index is 13.2. The number of terminal acetylenes is 1. The lowest BCUT2D eigenvalue weighted by Crippen LogP contribution is -2.16. The van der Waals surface area contributed by atoms with Crippen LogP contribution in [0.15, 0.2) is 58.2 Å². The highest BCUT2D eigenvalue weighted by atomic mass is 32.2. The van der Waals surface area contributed by atoms with Crippen molar-refractivity contribution < 1.29 is 21.6 Å². The van der Waals surface area contributed by atoms with Crippen molar-refractivity contribution in [3.63, 3.8) is 0 Å². The minimum atomic E-state index is -4.81. The predicted octanol–water partition coefficient (Wildman–Crippen LogP) is 3.33. The molecule has 3 aromatic rings. The van der Waals surface area contributed by atoms with Gasteiger partial charge in [-0.2, -0.15) is 13.2 Å². The topological polar surface area (TPSA) is 79.0 Å². The predicted molar refractivity (Wildman–Crippen MR) is 94.8 cm³/mol. The molecule has 2 N–H and O–H groups in total. The summed E-state index contributed by atoms with van der Waals surface area (Å²) in [4.78, 5) is 13.3. The number of H-pyrrole nitrogens is 1. The van der Waals surface area contributed by atoms with E-state index < -0.39 is 32.7 Å². The Labute approximate surface area is 151 Å². The molecule has 0 aliphatic carbocycles. The van der Waals surface area contributed by atoms with E-state index in [1.165, 1.54) is 24.3 Å². The molecule has 0 aliphatic rings. The summed E-state index contributed by atoms with van der Waals surface area (Å²) in [5, 5.41) is -0.423. The first-order valence-corrected chi connectivity index (χ1v) is 8.92. The van der Waals surface area contributed by atoms with Gasteiger partial charge in [0.05, 0.1) is 10.5 Å². The molecule has 1 aromatic heterocycles. The lowest BCUT2D eigenvalue weighted by Gasteiger charge is -2.12. The van der Waals surface area contributed by atoms with Gasteiger partial charge < -0.3 is 4.98 Å². The highest BCUT2D eigenvalue weighted by Gasteiger charge is 2.33. The Morgan fingerprint density at radius 3 is 2.30 bits per heavy atom. The fourth-order valence-electron chi connectivity index (χ4n) is 2.48. The summed E-state index contributed by atoms with van der Waals surface area (Å²) in [7, 11) is -4.16. The molecular weight excluding hydrogens is 381 g/mol. The van der Waals surface area contributed by atoms with Crippen LogP contribution in [0, 0.1) is 12.3 Å². The number of rotatable bonds is 3. The largest absolute Gasteiger partial charge is 0.417 e. The Morgan fingerprint density at radius 2 is 1.70 bits per heavy atom. The Hall–Kier alpha value is -3.25. The highest BCUT2D eigenvalue weighted by Crippen LogP contribution is 2.34. The first-order chi connectivity index (χ1) is 12.6. The number of fused-ring (bicyclic) bond motifs is 1. The van der Waals surface area contributed by atoms with Crippen molar-refractivity contribution in [1.29, 1.82) is 0 Å². The molecule has 138 valence electrons. The molecule has 0 aliphatic heterocycles. The Bertz CT molecular complexity index is 1220. The summed E-state index contributed by atoms with van der Waals surface area (Å²) in [5.74, 6) is 2.38. The van der Waals surface area contributed by atoms with E-state index in [0.29, 0.717) is 11.6 Å². The third kappa shape index (κ3) is 3.80. The average Bonchev–Trinajstić information content (AvgIpc) is 2.60. The van der Waals surface area contributed by atoms with Gasteiger partial charge in [-0.15, -0.1) is 6.42 Å². The van der Waals surface area contributed by atoms with Crippen LogP contribution in [0.3, 0.4) is 0 Å². The van der Waals surface area contributed by atoms with Crippen LogP contribution in [0.2, 0.25) is 0 Å². The van der Waals surface area contributed by atoms with Crippen LogP contribution in [0.4, 0.5) is 18.9 Å². The average molecular weight is 392 g/mol. The van der Waals surface area contributed by atoms with E-state index in [1.807, 2.05) is 0 Å². The molecule has 2 aromatic carbocycles. The number of halogens is 3. The zero-order valence-electron chi connectivity index (χ0n) is 13.5. The fraction of sp³-hybridized carbons (Fsp3) is 0.0556. The molecule has 0 atom stereocenters. The van der Waals surface area contributed by atoms with Gasteiger partial charge in [0.25, 0.3) is 10.0 Å². The molecule has 0 fully saturated rings. The molecule has 0 bridgehead atoms. The number of hydrogen-bond donors (Lipinski definition) is 2. The first-order valence-electron chi connectivity index (χ1n) is 7.44. The molecule has 27 heavy (non-hydrogen) atoms. The molecule has 0 saturated carbocycles. The molecule has 9 heteroatoms. The van der Waals surface area contributed by atoms with Gasteiger partial charge in [-0.3, -0.25) is 9.52 Å². The van der Waals surface area contributed by atoms with Gasteiger partial charge in [-0.1, -0.05) is 5.92 Å². The monoisotopic (exact) mass is 392 g/mol. The highest BCUT2D eigenvalue weighted by molar-refractivity contribution is 7.92. The quantitative estimate of drug-likeness (QED) is 0.671. The molecule has 0 unspecified atom stereocenters. The fourth-order valence-corrected chi connectivity index (χ4v) is 3.57. The van der Waals surface area contributed by atoms with Gasteiger partial charge in [0.15, 0.2) is 0 Å². The Morgan fingerprint density at radius 1 is 1.04 bits per heavy atom. The van der Waals surface area contributed by atoms with Crippen molar-refractivity contribution in [2.75, 3.05) is 4.72 Å². The maximum Gasteiger partial charge on any atom is 0.417 e. The van der Waals surface area contributed by atoms with E-state index in [2.05, 4.69) is 15.6 Å². The number of pyridine rings is 1. The second kappa shape index (κ2) is 6.48. The molecule has 0 radical (unpaired) electrons. The summed E-state index contributed by atoms with van der Waals surface area (Å²) in [6.45, 7) is 0. The SMILES string of the molecule is C#Cc1ccc(NS(=O)(=O)c2ccc3[nH]c(=O)cc(C(F)(F)F)c3c2)cc1. The second-order valence-corrected chi connectivity index (χ2v) is 7.26. The first kappa shape index (κ1) is 18.5. The van der Waals surface area contributed by atoms with Crippen molar-refractivity contribution in [3.8, 4) is 12.3 Å². The van der Waals surface area contributed by atoms with Crippen LogP contribution in [-0.2, 0) is 16.2 Å². The zero-order chi connectivity index (χ0) is 19.8. The summed E-state index contributed by atoms with van der Waals surface area (Å²) in [6, 6.07) is 9.39. The van der Waals surface area contributed by atoms with Gasteiger partial charge >= 0.3 is 6.18 Å². The zero-order valence-corrected chi connectivity index (χ0v) is 14.3. The lowest BCUT2D eigenvalue weighted by molar-refractivity contribution is -0.136. The molecular formula is C18H11F3N2O3S. The van der Waals surface area contributed by atoms with Gasteiger partial charge in [0.2, 0.25) is 5.56 Å². The van der Waals surface area contributed by atoms with E-state index >= 15 is 0 Å². The van der Waals surface area contributed by atoms with Crippen LogP contribution in [0.5, 0.6) is 0 Å². The van der Waals surface area contributed by atoms with Crippen molar-refractivity contribution in [2.45, 2.75) is 11.1 Å². The summed E-state index contributed by atoms with van der Waals surface area (Å²) in [6.07, 6.45) is 0.413. The molecule has 3 rings (SSSR count). The van der Waals surface area contributed by atoms with Crippen molar-refractivity contribution in [1.82, 2.24) is 4.98 Å². The third-order valence-electron chi connectivity index (χ3n) is 3.73. The number of alkyl halides is 3. The third-order valence-corrected chi connectivity index (χ3v) is 5.11. The molecule has 1 heterocycles. The minimum Gasteiger partial charge on any atom is -0.322 e. The van der Waals surface area contributed by atoms with Crippen molar-refractivity contribution >= 4 is 26.6 Å². The summed E-state index contributed by atoms with van der Waals surface area (Å²) >= 11 is 0. The second-order valence-electron chi connectivity index (χ2n) is 5.58. The molecule has 5 nitrogen and oxygen atoms in total. The number of sulfonamides is 1. The number of benzene rings is 2. The van der Waals surface area contributed by atoms with Gasteiger partial charge in [0, 0.05) is 28.2 Å². The van der Waals surface area contributed by atoms with Gasteiger partial charge in [-0.05, 0) is 42.5 Å². The number of anilines is 1. The molecule has 0 spiro atoms. The van der Waals surface area contributed by atoms with E-state index in [0.717, 1.165) is 18.2 Å². The number of aromatic nitrogens is 1. The van der Waals surface area contributed by atoms with Crippen LogP contribution < -0.4 is 10.3 Å². The van der Waals surface area contributed by atoms with E-state index in [9.17, 15) is 26.4 Å². The van der Waals surface area contributed by atoms with E-state index in [-0.39, 0.29) is 16.1 Å². The Kier molecular flexibility index (Phi) is 4.45. The van der Waals surface area contributed by atoms with Crippen LogP contribution in [0.1, 0.15) is 11.1 Å². The van der Waals surface area contributed by atoms with Gasteiger partial charge in [-0.25, -0.2) is 8.42 Å². The molecule has 0 amide bonds. The molecule has 0 saturated heterocycles. The van der Waals surface area contributed by atoms with Crippen molar-refractivity contribution in [3.05, 3.63) is 70.0 Å². The van der Waals surface area contributed by atoms with E-state index in [4.69, 9.17) is 6.42 Å². The van der Waals surface area contributed by atoms with Crippen LogP contribution in [0.25, 0.3) is 10.9 Å². The Balaban J connectivity index is 2.09. The van der Waals surface area contributed by atoms with E-state index in [1.54, 1.807) is 0 Å². The number of hydrogen-bond acceptors (Lipinski definition) is 3. The van der Waals surface area contributed by atoms with Crippen LogP contribution >= 0.6 is 0 Å². The normalized spacial score (nSPS) is 11.9. The van der Waals surface area contributed by atoms with Crippen molar-refractivity contribution in [2.24, 2.45) is 0 Å².